The molecule has 0 aliphatic rings. The van der Waals surface area contributed by atoms with E-state index >= 15 is 0 Å². The van der Waals surface area contributed by atoms with Crippen molar-refractivity contribution < 1.29 is 13.9 Å². The fourth-order valence-electron chi connectivity index (χ4n) is 2.17. The predicted molar refractivity (Wildman–Crippen MR) is 101 cm³/mol. The maximum Gasteiger partial charge on any atom is 0.411 e. The van der Waals surface area contributed by atoms with Crippen molar-refractivity contribution in [3.8, 4) is 5.69 Å². The minimum Gasteiger partial charge on any atom is -0.447 e. The number of fused-ring (bicyclic) bond motifs is 1. The molecule has 0 bridgehead atoms. The zero-order valence-corrected chi connectivity index (χ0v) is 16.3. The molecule has 3 aromatic rings. The Morgan fingerprint density at radius 2 is 2.19 bits per heavy atom. The van der Waals surface area contributed by atoms with Gasteiger partial charge in [0.2, 0.25) is 0 Å². The van der Waals surface area contributed by atoms with Crippen LogP contribution in [0.2, 0.25) is 0 Å². The van der Waals surface area contributed by atoms with Gasteiger partial charge in [-0.15, -0.1) is 16.7 Å². The molecule has 0 unspecified atom stereocenters. The van der Waals surface area contributed by atoms with Crippen molar-refractivity contribution in [2.24, 2.45) is 0 Å². The molecule has 2 aromatic heterocycles. The maximum atomic E-state index is 14.3. The van der Waals surface area contributed by atoms with Gasteiger partial charge in [0.1, 0.15) is 18.1 Å². The van der Waals surface area contributed by atoms with Gasteiger partial charge in [0.15, 0.2) is 5.65 Å². The molecule has 1 aromatic carbocycles. The second-order valence-corrected chi connectivity index (χ2v) is 8.16. The van der Waals surface area contributed by atoms with Crippen LogP contribution in [0, 0.1) is 5.82 Å². The summed E-state index contributed by atoms with van der Waals surface area (Å²) in [5.41, 5.74) is 1.02. The Labute approximate surface area is 162 Å². The van der Waals surface area contributed by atoms with Gasteiger partial charge in [0.05, 0.1) is 4.87 Å². The molecule has 0 aliphatic heterocycles. The summed E-state index contributed by atoms with van der Waals surface area (Å²) in [4.78, 5) is 15.4. The van der Waals surface area contributed by atoms with Crippen LogP contribution < -0.4 is 5.32 Å². The zero-order chi connectivity index (χ0) is 18.9. The lowest BCUT2D eigenvalue weighted by Gasteiger charge is -2.16. The number of hydrogen-bond donors (Lipinski definition) is 1. The van der Waals surface area contributed by atoms with Crippen LogP contribution in [0.15, 0.2) is 41.1 Å². The van der Waals surface area contributed by atoms with Crippen LogP contribution in [0.5, 0.6) is 0 Å². The normalized spacial score (nSPS) is 11.6. The van der Waals surface area contributed by atoms with Gasteiger partial charge in [0.25, 0.3) is 0 Å². The van der Waals surface area contributed by atoms with Crippen molar-refractivity contribution in [2.45, 2.75) is 18.7 Å². The number of alkyl halides is 1. The summed E-state index contributed by atoms with van der Waals surface area (Å²) in [5, 5.41) is 7.55. The molecule has 0 fully saturated rings. The van der Waals surface area contributed by atoms with Gasteiger partial charge in [-0.2, -0.15) is 0 Å². The van der Waals surface area contributed by atoms with Crippen molar-refractivity contribution in [3.63, 3.8) is 0 Å². The highest BCUT2D eigenvalue weighted by atomic mass is 79.9. The van der Waals surface area contributed by atoms with E-state index in [0.29, 0.717) is 11.3 Å². The molecule has 3 rings (SSSR count). The van der Waals surface area contributed by atoms with Gasteiger partial charge >= 0.3 is 6.09 Å². The standard InChI is InChI=1S/C17H15BrClFN4O2/c1-17(2,19)9-26-16(25)22-12-3-4-13(20)14(6-12)24-8-10-5-11(18)7-21-15(10)23-24/h3-8H,9H2,1-2H3,(H,22,25). The molecule has 136 valence electrons. The van der Waals surface area contributed by atoms with Gasteiger partial charge < -0.3 is 4.74 Å². The molecule has 0 radical (unpaired) electrons. The third-order valence-corrected chi connectivity index (χ3v) is 3.85. The van der Waals surface area contributed by atoms with Crippen LogP contribution in [-0.2, 0) is 4.74 Å². The number of aromatic nitrogens is 3. The number of carbonyl (C=O) groups is 1. The zero-order valence-electron chi connectivity index (χ0n) is 14.0. The van der Waals surface area contributed by atoms with Crippen LogP contribution in [0.25, 0.3) is 16.7 Å². The second kappa shape index (κ2) is 7.20. The van der Waals surface area contributed by atoms with Gasteiger partial charge in [0, 0.05) is 27.9 Å². The Balaban J connectivity index is 1.84. The van der Waals surface area contributed by atoms with Crippen LogP contribution in [0.1, 0.15) is 13.8 Å². The van der Waals surface area contributed by atoms with E-state index in [-0.39, 0.29) is 12.3 Å². The lowest BCUT2D eigenvalue weighted by Crippen LogP contribution is -2.24. The summed E-state index contributed by atoms with van der Waals surface area (Å²) in [6, 6.07) is 5.97. The third kappa shape index (κ3) is 4.50. The smallest absolute Gasteiger partial charge is 0.411 e. The predicted octanol–water partition coefficient (Wildman–Crippen LogP) is 4.89. The topological polar surface area (TPSA) is 69.0 Å². The van der Waals surface area contributed by atoms with E-state index in [9.17, 15) is 9.18 Å². The molecule has 0 spiro atoms. The molecule has 0 saturated heterocycles. The summed E-state index contributed by atoms with van der Waals surface area (Å²) < 4.78 is 21.5. The molecule has 1 N–H and O–H groups in total. The first-order chi connectivity index (χ1) is 12.2. The van der Waals surface area contributed by atoms with E-state index < -0.39 is 16.8 Å². The maximum absolute atomic E-state index is 14.3. The Morgan fingerprint density at radius 3 is 2.92 bits per heavy atom. The minimum atomic E-state index is -0.674. The number of nitrogens with zero attached hydrogens (tertiary/aromatic N) is 3. The number of benzene rings is 1. The summed E-state index contributed by atoms with van der Waals surface area (Å²) >= 11 is 9.32. The molecule has 6 nitrogen and oxygen atoms in total. The van der Waals surface area contributed by atoms with E-state index in [1.165, 1.54) is 22.9 Å². The van der Waals surface area contributed by atoms with Crippen LogP contribution in [-0.4, -0.2) is 32.3 Å². The molecular formula is C17H15BrClFN4O2. The summed E-state index contributed by atoms with van der Waals surface area (Å²) in [6.07, 6.45) is 2.60. The quantitative estimate of drug-likeness (QED) is 0.585. The Kier molecular flexibility index (Phi) is 5.15. The van der Waals surface area contributed by atoms with Crippen molar-refractivity contribution in [3.05, 3.63) is 46.9 Å². The lowest BCUT2D eigenvalue weighted by atomic mass is 10.2. The number of nitrogens with one attached hydrogen (secondary N) is 1. The van der Waals surface area contributed by atoms with E-state index in [1.807, 2.05) is 6.07 Å². The average Bonchev–Trinajstić information content (AvgIpc) is 2.97. The van der Waals surface area contributed by atoms with Crippen LogP contribution in [0.3, 0.4) is 0 Å². The van der Waals surface area contributed by atoms with E-state index in [2.05, 4.69) is 31.3 Å². The number of ether oxygens (including phenoxy) is 1. The Bertz CT molecular complexity index is 971. The number of pyridine rings is 1. The van der Waals surface area contributed by atoms with Gasteiger partial charge in [-0.3, -0.25) is 5.32 Å². The molecule has 9 heteroatoms. The highest BCUT2D eigenvalue weighted by Crippen LogP contribution is 2.22. The SMILES string of the molecule is CC(C)(Cl)COC(=O)Nc1ccc(F)c(-n2cc3cc(Br)cnc3n2)c1. The molecule has 2 heterocycles. The first-order valence-corrected chi connectivity index (χ1v) is 8.82. The Hall–Kier alpha value is -2.19. The fourth-order valence-corrected chi connectivity index (χ4v) is 2.57. The number of amides is 1. The first-order valence-electron chi connectivity index (χ1n) is 7.65. The monoisotopic (exact) mass is 440 g/mol. The Morgan fingerprint density at radius 1 is 1.42 bits per heavy atom. The van der Waals surface area contributed by atoms with E-state index in [0.717, 1.165) is 9.86 Å². The summed E-state index contributed by atoms with van der Waals surface area (Å²) in [7, 11) is 0. The lowest BCUT2D eigenvalue weighted by molar-refractivity contribution is 0.152. The summed E-state index contributed by atoms with van der Waals surface area (Å²) in [6.45, 7) is 3.50. The number of hydrogen-bond acceptors (Lipinski definition) is 4. The van der Waals surface area contributed by atoms with Gasteiger partial charge in [-0.25, -0.2) is 18.9 Å². The minimum absolute atomic E-state index is 0.0412. The number of rotatable bonds is 4. The van der Waals surface area contributed by atoms with Crippen molar-refractivity contribution in [1.29, 1.82) is 0 Å². The van der Waals surface area contributed by atoms with Crippen molar-refractivity contribution in [1.82, 2.24) is 14.8 Å². The highest BCUT2D eigenvalue weighted by Gasteiger charge is 2.17. The summed E-state index contributed by atoms with van der Waals surface area (Å²) in [5.74, 6) is -0.488. The van der Waals surface area contributed by atoms with E-state index in [1.54, 1.807) is 26.2 Å². The fraction of sp³-hybridized carbons (Fsp3) is 0.235. The van der Waals surface area contributed by atoms with Crippen molar-refractivity contribution in [2.75, 3.05) is 11.9 Å². The third-order valence-electron chi connectivity index (χ3n) is 3.31. The van der Waals surface area contributed by atoms with Gasteiger partial charge in [-0.1, -0.05) is 0 Å². The first kappa shape index (κ1) is 18.6. The van der Waals surface area contributed by atoms with E-state index in [4.69, 9.17) is 16.3 Å². The number of carbonyl (C=O) groups excluding carboxylic acids is 1. The average molecular weight is 442 g/mol. The molecular weight excluding hydrogens is 427 g/mol. The highest BCUT2D eigenvalue weighted by molar-refractivity contribution is 9.10. The second-order valence-electron chi connectivity index (χ2n) is 6.23. The molecule has 0 atom stereocenters. The number of anilines is 1. The number of halogens is 3. The van der Waals surface area contributed by atoms with Crippen LogP contribution in [0.4, 0.5) is 14.9 Å². The van der Waals surface area contributed by atoms with Gasteiger partial charge in [-0.05, 0) is 54.0 Å². The molecule has 26 heavy (non-hydrogen) atoms. The molecule has 1 amide bonds. The van der Waals surface area contributed by atoms with Crippen LogP contribution >= 0.6 is 27.5 Å². The largest absolute Gasteiger partial charge is 0.447 e. The van der Waals surface area contributed by atoms with Crippen molar-refractivity contribution >= 4 is 50.3 Å². The molecule has 0 aliphatic carbocycles. The molecule has 0 saturated carbocycles.